The van der Waals surface area contributed by atoms with Gasteiger partial charge >= 0.3 is 6.18 Å². The number of methoxy groups -OCH3 is 1. The van der Waals surface area contributed by atoms with E-state index in [9.17, 15) is 13.2 Å². The highest BCUT2D eigenvalue weighted by Crippen LogP contribution is 2.34. The second kappa shape index (κ2) is 7.82. The van der Waals surface area contributed by atoms with Crippen LogP contribution < -0.4 is 4.74 Å². The Morgan fingerprint density at radius 2 is 1.93 bits per heavy atom. The summed E-state index contributed by atoms with van der Waals surface area (Å²) < 4.78 is 45.6. The third-order valence-electron chi connectivity index (χ3n) is 3.86. The van der Waals surface area contributed by atoms with E-state index >= 15 is 0 Å². The van der Waals surface area contributed by atoms with Gasteiger partial charge in [-0.3, -0.25) is 0 Å². The Hall–Kier alpha value is -2.19. The zero-order valence-electron chi connectivity index (χ0n) is 14.4. The Morgan fingerprint density at radius 1 is 1.15 bits per heavy atom. The van der Waals surface area contributed by atoms with E-state index in [1.165, 1.54) is 17.8 Å². The van der Waals surface area contributed by atoms with Gasteiger partial charge in [-0.1, -0.05) is 41.6 Å². The summed E-state index contributed by atoms with van der Waals surface area (Å²) in [4.78, 5) is 0. The maximum absolute atomic E-state index is 12.8. The number of hydrogen-bond donors (Lipinski definition) is 0. The average molecular weight is 414 g/mol. The first kappa shape index (κ1) is 19.6. The maximum atomic E-state index is 12.8. The molecule has 1 aromatic heterocycles. The lowest BCUT2D eigenvalue weighted by molar-refractivity contribution is -0.137. The monoisotopic (exact) mass is 413 g/mol. The van der Waals surface area contributed by atoms with Crippen LogP contribution in [-0.2, 0) is 19.0 Å². The van der Waals surface area contributed by atoms with E-state index in [4.69, 9.17) is 16.3 Å². The van der Waals surface area contributed by atoms with Crippen LogP contribution in [0.5, 0.6) is 5.75 Å². The van der Waals surface area contributed by atoms with Crippen LogP contribution in [0.1, 0.15) is 11.1 Å². The number of thioether (sulfide) groups is 1. The number of ether oxygens (including phenoxy) is 1. The van der Waals surface area contributed by atoms with Gasteiger partial charge in [0.2, 0.25) is 0 Å². The van der Waals surface area contributed by atoms with Gasteiger partial charge in [-0.2, -0.15) is 13.2 Å². The van der Waals surface area contributed by atoms with Crippen molar-refractivity contribution in [3.8, 4) is 17.1 Å². The predicted molar refractivity (Wildman–Crippen MR) is 99.0 cm³/mol. The standard InChI is InChI=1S/C18H15ClF3N3OS/c1-25-16(14-9-13(19)6-7-15(14)26-2)23-24-17(25)27-10-11-4-3-5-12(8-11)18(20,21)22/h3-9H,10H2,1-2H3. The molecule has 142 valence electrons. The van der Waals surface area contributed by atoms with Gasteiger partial charge in [-0.25, -0.2) is 0 Å². The molecule has 2 aromatic carbocycles. The second-order valence-corrected chi connectivity index (χ2v) is 7.08. The first-order valence-corrected chi connectivity index (χ1v) is 9.18. The van der Waals surface area contributed by atoms with E-state index in [1.54, 1.807) is 43.0 Å². The molecular weight excluding hydrogens is 399 g/mol. The summed E-state index contributed by atoms with van der Waals surface area (Å²) in [5.74, 6) is 1.49. The SMILES string of the molecule is COc1ccc(Cl)cc1-c1nnc(SCc2cccc(C(F)(F)F)c2)n1C. The molecule has 0 aliphatic carbocycles. The molecule has 0 atom stereocenters. The van der Waals surface area contributed by atoms with Gasteiger partial charge in [-0.15, -0.1) is 10.2 Å². The average Bonchev–Trinajstić information content (AvgIpc) is 3.00. The van der Waals surface area contributed by atoms with Crippen LogP contribution in [0.2, 0.25) is 5.02 Å². The molecule has 27 heavy (non-hydrogen) atoms. The Morgan fingerprint density at radius 3 is 2.63 bits per heavy atom. The highest BCUT2D eigenvalue weighted by molar-refractivity contribution is 7.98. The van der Waals surface area contributed by atoms with Crippen molar-refractivity contribution in [1.82, 2.24) is 14.8 Å². The second-order valence-electron chi connectivity index (χ2n) is 5.70. The van der Waals surface area contributed by atoms with Crippen molar-refractivity contribution < 1.29 is 17.9 Å². The molecule has 0 saturated carbocycles. The molecular formula is C18H15ClF3N3OS. The molecule has 0 aliphatic rings. The lowest BCUT2D eigenvalue weighted by Crippen LogP contribution is -2.05. The van der Waals surface area contributed by atoms with E-state index in [0.717, 1.165) is 12.1 Å². The van der Waals surface area contributed by atoms with Gasteiger partial charge < -0.3 is 9.30 Å². The van der Waals surface area contributed by atoms with E-state index < -0.39 is 11.7 Å². The minimum atomic E-state index is -4.36. The highest BCUT2D eigenvalue weighted by atomic mass is 35.5. The fraction of sp³-hybridized carbons (Fsp3) is 0.222. The van der Waals surface area contributed by atoms with Gasteiger partial charge in [0.15, 0.2) is 11.0 Å². The van der Waals surface area contributed by atoms with Crippen molar-refractivity contribution >= 4 is 23.4 Å². The van der Waals surface area contributed by atoms with Gasteiger partial charge in [-0.05, 0) is 29.8 Å². The summed E-state index contributed by atoms with van der Waals surface area (Å²) in [7, 11) is 3.33. The van der Waals surface area contributed by atoms with Crippen LogP contribution in [0.15, 0.2) is 47.6 Å². The minimum absolute atomic E-state index is 0.336. The number of halogens is 4. The Balaban J connectivity index is 1.82. The van der Waals surface area contributed by atoms with Crippen LogP contribution in [-0.4, -0.2) is 21.9 Å². The topological polar surface area (TPSA) is 39.9 Å². The van der Waals surface area contributed by atoms with Gasteiger partial charge in [0.1, 0.15) is 5.75 Å². The van der Waals surface area contributed by atoms with Crippen LogP contribution in [0.4, 0.5) is 13.2 Å². The molecule has 0 N–H and O–H groups in total. The van der Waals surface area contributed by atoms with E-state index in [-0.39, 0.29) is 0 Å². The van der Waals surface area contributed by atoms with Crippen LogP contribution in [0.3, 0.4) is 0 Å². The van der Waals surface area contributed by atoms with Gasteiger partial charge in [0.05, 0.1) is 18.2 Å². The Bertz CT molecular complexity index is 959. The molecule has 4 nitrogen and oxygen atoms in total. The Kier molecular flexibility index (Phi) is 5.67. The lowest BCUT2D eigenvalue weighted by Gasteiger charge is -2.10. The number of hydrogen-bond acceptors (Lipinski definition) is 4. The zero-order valence-corrected chi connectivity index (χ0v) is 16.0. The van der Waals surface area contributed by atoms with Crippen LogP contribution in [0.25, 0.3) is 11.4 Å². The number of benzene rings is 2. The van der Waals surface area contributed by atoms with E-state index in [1.807, 2.05) is 0 Å². The van der Waals surface area contributed by atoms with Crippen molar-refractivity contribution in [2.45, 2.75) is 17.1 Å². The molecule has 1 heterocycles. The molecule has 0 amide bonds. The van der Waals surface area contributed by atoms with E-state index in [2.05, 4.69) is 10.2 Å². The van der Waals surface area contributed by atoms with Crippen molar-refractivity contribution in [3.63, 3.8) is 0 Å². The first-order chi connectivity index (χ1) is 12.8. The maximum Gasteiger partial charge on any atom is 0.416 e. The smallest absolute Gasteiger partial charge is 0.416 e. The Labute approximate surface area is 163 Å². The molecule has 0 saturated heterocycles. The molecule has 0 aliphatic heterocycles. The van der Waals surface area contributed by atoms with Crippen molar-refractivity contribution in [2.24, 2.45) is 7.05 Å². The van der Waals surface area contributed by atoms with Crippen molar-refractivity contribution in [2.75, 3.05) is 7.11 Å². The molecule has 9 heteroatoms. The predicted octanol–water partition coefficient (Wildman–Crippen LogP) is 5.46. The summed E-state index contributed by atoms with van der Waals surface area (Å²) >= 11 is 7.37. The van der Waals surface area contributed by atoms with Gasteiger partial charge in [0.25, 0.3) is 0 Å². The number of rotatable bonds is 5. The normalized spacial score (nSPS) is 11.6. The zero-order chi connectivity index (χ0) is 19.6. The summed E-state index contributed by atoms with van der Waals surface area (Å²) in [6.07, 6.45) is -4.36. The largest absolute Gasteiger partial charge is 0.496 e. The van der Waals surface area contributed by atoms with Crippen LogP contribution >= 0.6 is 23.4 Å². The van der Waals surface area contributed by atoms with Crippen LogP contribution in [0, 0.1) is 0 Å². The molecule has 0 spiro atoms. The first-order valence-electron chi connectivity index (χ1n) is 7.82. The number of alkyl halides is 3. The summed E-state index contributed by atoms with van der Waals surface area (Å²) in [6, 6.07) is 10.4. The third kappa shape index (κ3) is 4.39. The quantitative estimate of drug-likeness (QED) is 0.521. The molecule has 3 aromatic rings. The molecule has 3 rings (SSSR count). The summed E-state index contributed by atoms with van der Waals surface area (Å²) in [5.41, 5.74) is 0.577. The highest BCUT2D eigenvalue weighted by Gasteiger charge is 2.30. The third-order valence-corrected chi connectivity index (χ3v) is 5.19. The molecule has 0 radical (unpaired) electrons. The van der Waals surface area contributed by atoms with Crippen molar-refractivity contribution in [3.05, 3.63) is 58.6 Å². The molecule has 0 fully saturated rings. The number of aromatic nitrogens is 3. The fourth-order valence-corrected chi connectivity index (χ4v) is 3.54. The fourth-order valence-electron chi connectivity index (χ4n) is 2.52. The van der Waals surface area contributed by atoms with Gasteiger partial charge in [0, 0.05) is 17.8 Å². The minimum Gasteiger partial charge on any atom is -0.496 e. The lowest BCUT2D eigenvalue weighted by atomic mass is 10.1. The van der Waals surface area contributed by atoms with E-state index in [0.29, 0.717) is 38.6 Å². The molecule has 0 unspecified atom stereocenters. The number of nitrogens with zero attached hydrogens (tertiary/aromatic N) is 3. The summed E-state index contributed by atoms with van der Waals surface area (Å²) in [6.45, 7) is 0. The molecule has 0 bridgehead atoms. The summed E-state index contributed by atoms with van der Waals surface area (Å²) in [5, 5.41) is 9.42. The van der Waals surface area contributed by atoms with Crippen molar-refractivity contribution in [1.29, 1.82) is 0 Å².